The molecule has 122 valence electrons. The highest BCUT2D eigenvalue weighted by Gasteiger charge is 2.05. The Morgan fingerprint density at radius 1 is 1.22 bits per heavy atom. The molecule has 3 nitrogen and oxygen atoms in total. The molecule has 0 bridgehead atoms. The Morgan fingerprint density at radius 3 is 2.61 bits per heavy atom. The molecule has 5 heteroatoms. The predicted molar refractivity (Wildman–Crippen MR) is 91.3 cm³/mol. The maximum atomic E-state index is 13.4. The van der Waals surface area contributed by atoms with E-state index in [-0.39, 0.29) is 11.7 Å². The normalized spacial score (nSPS) is 10.4. The van der Waals surface area contributed by atoms with Crippen molar-refractivity contribution in [3.8, 4) is 5.75 Å². The van der Waals surface area contributed by atoms with Gasteiger partial charge in [0.25, 0.3) is 0 Å². The number of hydrogen-bond acceptors (Lipinski definition) is 3. The summed E-state index contributed by atoms with van der Waals surface area (Å²) in [7, 11) is 0. The summed E-state index contributed by atoms with van der Waals surface area (Å²) in [6.07, 6.45) is 0. The number of nitrogens with one attached hydrogen (secondary N) is 1. The zero-order valence-electron chi connectivity index (χ0n) is 13.3. The van der Waals surface area contributed by atoms with Gasteiger partial charge in [-0.15, -0.1) is 11.8 Å². The lowest BCUT2D eigenvalue weighted by molar-refractivity contribution is -0.118. The molecule has 0 unspecified atom stereocenters. The van der Waals surface area contributed by atoms with Crippen LogP contribution in [0.15, 0.2) is 47.4 Å². The Kier molecular flexibility index (Phi) is 6.47. The SMILES string of the molecule is CCOc1ccc(SCC(=O)NCc2ccc(C)c(F)c2)cc1. The summed E-state index contributed by atoms with van der Waals surface area (Å²) in [4.78, 5) is 12.9. The molecule has 0 aliphatic rings. The van der Waals surface area contributed by atoms with Crippen LogP contribution in [0.4, 0.5) is 4.39 Å². The first-order valence-corrected chi connectivity index (χ1v) is 8.44. The molecule has 0 heterocycles. The first-order valence-electron chi connectivity index (χ1n) is 7.46. The number of hydrogen-bond donors (Lipinski definition) is 1. The van der Waals surface area contributed by atoms with Gasteiger partial charge in [0, 0.05) is 11.4 Å². The van der Waals surface area contributed by atoms with Crippen LogP contribution in [0.1, 0.15) is 18.1 Å². The van der Waals surface area contributed by atoms with Crippen molar-refractivity contribution in [3.63, 3.8) is 0 Å². The van der Waals surface area contributed by atoms with Gasteiger partial charge in [0.1, 0.15) is 11.6 Å². The van der Waals surface area contributed by atoms with Crippen molar-refractivity contribution in [2.45, 2.75) is 25.3 Å². The molecule has 0 radical (unpaired) electrons. The standard InChI is InChI=1S/C18H20FNO2S/c1-3-22-15-6-8-16(9-7-15)23-12-18(21)20-11-14-5-4-13(2)17(19)10-14/h4-10H,3,11-12H2,1-2H3,(H,20,21). The van der Waals surface area contributed by atoms with Crippen LogP contribution in [-0.2, 0) is 11.3 Å². The zero-order chi connectivity index (χ0) is 16.7. The molecule has 0 saturated heterocycles. The molecule has 2 rings (SSSR count). The molecule has 0 aliphatic heterocycles. The number of ether oxygens (including phenoxy) is 1. The molecule has 1 N–H and O–H groups in total. The third-order valence-corrected chi connectivity index (χ3v) is 4.24. The van der Waals surface area contributed by atoms with Gasteiger partial charge in [-0.2, -0.15) is 0 Å². The largest absolute Gasteiger partial charge is 0.494 e. The molecule has 1 amide bonds. The number of thioether (sulfide) groups is 1. The molecular weight excluding hydrogens is 313 g/mol. The van der Waals surface area contributed by atoms with Crippen LogP contribution in [0.2, 0.25) is 0 Å². The molecular formula is C18H20FNO2S. The number of carbonyl (C=O) groups is 1. The Morgan fingerprint density at radius 2 is 1.96 bits per heavy atom. The van der Waals surface area contributed by atoms with E-state index in [9.17, 15) is 9.18 Å². The van der Waals surface area contributed by atoms with E-state index in [1.165, 1.54) is 17.8 Å². The minimum Gasteiger partial charge on any atom is -0.494 e. The Hall–Kier alpha value is -2.01. The number of aryl methyl sites for hydroxylation is 1. The van der Waals surface area contributed by atoms with E-state index in [1.54, 1.807) is 13.0 Å². The highest BCUT2D eigenvalue weighted by molar-refractivity contribution is 8.00. The third kappa shape index (κ3) is 5.60. The van der Waals surface area contributed by atoms with Crippen LogP contribution < -0.4 is 10.1 Å². The van der Waals surface area contributed by atoms with E-state index in [4.69, 9.17) is 4.74 Å². The smallest absolute Gasteiger partial charge is 0.230 e. The summed E-state index contributed by atoms with van der Waals surface area (Å²) in [5, 5.41) is 2.80. The van der Waals surface area contributed by atoms with Gasteiger partial charge in [-0.25, -0.2) is 4.39 Å². The number of halogens is 1. The van der Waals surface area contributed by atoms with E-state index < -0.39 is 0 Å². The van der Waals surface area contributed by atoms with Crippen LogP contribution in [0.3, 0.4) is 0 Å². The van der Waals surface area contributed by atoms with E-state index in [1.807, 2.05) is 37.3 Å². The van der Waals surface area contributed by atoms with Crippen LogP contribution in [0, 0.1) is 12.7 Å². The summed E-state index contributed by atoms with van der Waals surface area (Å²) in [6.45, 7) is 4.62. The zero-order valence-corrected chi connectivity index (χ0v) is 14.1. The lowest BCUT2D eigenvalue weighted by atomic mass is 10.1. The van der Waals surface area contributed by atoms with E-state index >= 15 is 0 Å². The predicted octanol–water partition coefficient (Wildman–Crippen LogP) is 3.94. The van der Waals surface area contributed by atoms with Crippen LogP contribution >= 0.6 is 11.8 Å². The Bertz CT molecular complexity index is 659. The molecule has 2 aromatic carbocycles. The van der Waals surface area contributed by atoms with Crippen molar-refractivity contribution in [2.24, 2.45) is 0 Å². The number of amides is 1. The molecule has 2 aromatic rings. The number of carbonyl (C=O) groups excluding carboxylic acids is 1. The quantitative estimate of drug-likeness (QED) is 0.780. The molecule has 0 atom stereocenters. The van der Waals surface area contributed by atoms with E-state index in [0.717, 1.165) is 16.2 Å². The third-order valence-electron chi connectivity index (χ3n) is 3.23. The van der Waals surface area contributed by atoms with Crippen molar-refractivity contribution >= 4 is 17.7 Å². The lowest BCUT2D eigenvalue weighted by Gasteiger charge is -2.07. The van der Waals surface area contributed by atoms with Crippen molar-refractivity contribution < 1.29 is 13.9 Å². The second-order valence-electron chi connectivity index (χ2n) is 5.05. The van der Waals surface area contributed by atoms with Crippen molar-refractivity contribution in [2.75, 3.05) is 12.4 Å². The molecule has 23 heavy (non-hydrogen) atoms. The minimum absolute atomic E-state index is 0.0788. The number of rotatable bonds is 7. The second kappa shape index (κ2) is 8.58. The Balaban J connectivity index is 1.77. The molecule has 0 aliphatic carbocycles. The highest BCUT2D eigenvalue weighted by Crippen LogP contribution is 2.21. The summed E-state index contributed by atoms with van der Waals surface area (Å²) in [5.74, 6) is 0.815. The summed E-state index contributed by atoms with van der Waals surface area (Å²) >= 11 is 1.45. The fourth-order valence-electron chi connectivity index (χ4n) is 1.95. The van der Waals surface area contributed by atoms with Crippen LogP contribution in [0.5, 0.6) is 5.75 Å². The summed E-state index contributed by atoms with van der Waals surface area (Å²) in [6, 6.07) is 12.6. The Labute approximate surface area is 140 Å². The topological polar surface area (TPSA) is 38.3 Å². The molecule has 0 fully saturated rings. The van der Waals surface area contributed by atoms with Gasteiger partial charge >= 0.3 is 0 Å². The summed E-state index contributed by atoms with van der Waals surface area (Å²) < 4.78 is 18.8. The van der Waals surface area contributed by atoms with Gasteiger partial charge in [0.05, 0.1) is 12.4 Å². The summed E-state index contributed by atoms with van der Waals surface area (Å²) in [5.41, 5.74) is 1.36. The van der Waals surface area contributed by atoms with Gasteiger partial charge in [-0.05, 0) is 55.3 Å². The molecule has 0 spiro atoms. The van der Waals surface area contributed by atoms with E-state index in [2.05, 4.69) is 5.32 Å². The maximum Gasteiger partial charge on any atom is 0.230 e. The van der Waals surface area contributed by atoms with Gasteiger partial charge in [0.15, 0.2) is 0 Å². The minimum atomic E-state index is -0.250. The van der Waals surface area contributed by atoms with Gasteiger partial charge in [-0.1, -0.05) is 12.1 Å². The average molecular weight is 333 g/mol. The number of benzene rings is 2. The first-order chi connectivity index (χ1) is 11.1. The van der Waals surface area contributed by atoms with Crippen molar-refractivity contribution in [1.82, 2.24) is 5.32 Å². The van der Waals surface area contributed by atoms with E-state index in [0.29, 0.717) is 24.5 Å². The van der Waals surface area contributed by atoms with Gasteiger partial charge in [-0.3, -0.25) is 4.79 Å². The average Bonchev–Trinajstić information content (AvgIpc) is 2.55. The lowest BCUT2D eigenvalue weighted by Crippen LogP contribution is -2.24. The van der Waals surface area contributed by atoms with Gasteiger partial charge < -0.3 is 10.1 Å². The van der Waals surface area contributed by atoms with Crippen molar-refractivity contribution in [3.05, 3.63) is 59.4 Å². The second-order valence-corrected chi connectivity index (χ2v) is 6.10. The first kappa shape index (κ1) is 17.3. The fraction of sp³-hybridized carbons (Fsp3) is 0.278. The molecule has 0 aromatic heterocycles. The highest BCUT2D eigenvalue weighted by atomic mass is 32.2. The van der Waals surface area contributed by atoms with Gasteiger partial charge in [0.2, 0.25) is 5.91 Å². The maximum absolute atomic E-state index is 13.4. The fourth-order valence-corrected chi connectivity index (χ4v) is 2.67. The van der Waals surface area contributed by atoms with Crippen molar-refractivity contribution in [1.29, 1.82) is 0 Å². The van der Waals surface area contributed by atoms with Crippen LogP contribution in [-0.4, -0.2) is 18.3 Å². The molecule has 0 saturated carbocycles. The monoisotopic (exact) mass is 333 g/mol. The van der Waals surface area contributed by atoms with Crippen LogP contribution in [0.25, 0.3) is 0 Å².